The standard InChI is InChI=1S/C8H13NS/c1-3-8(2)4-5-9-6-7-10/h3-5,10H,1,6-7H2,2H3/b8-4-,9-5?. The SMILES string of the molecule is C=C/C(C)=C\C=NCCS. The summed E-state index contributed by atoms with van der Waals surface area (Å²) in [6.07, 6.45) is 5.51. The largest absolute Gasteiger partial charge is 0.292 e. The van der Waals surface area contributed by atoms with Gasteiger partial charge in [-0.1, -0.05) is 18.2 Å². The fourth-order valence-electron chi connectivity index (χ4n) is 0.371. The summed E-state index contributed by atoms with van der Waals surface area (Å²) >= 11 is 4.01. The van der Waals surface area contributed by atoms with Crippen LogP contribution in [0.2, 0.25) is 0 Å². The summed E-state index contributed by atoms with van der Waals surface area (Å²) in [5.41, 5.74) is 1.13. The number of hydrogen-bond donors (Lipinski definition) is 1. The zero-order valence-corrected chi connectivity index (χ0v) is 7.14. The van der Waals surface area contributed by atoms with Crippen LogP contribution in [0.4, 0.5) is 0 Å². The third-order valence-electron chi connectivity index (χ3n) is 0.994. The number of nitrogens with zero attached hydrogens (tertiary/aromatic N) is 1. The van der Waals surface area contributed by atoms with E-state index in [0.717, 1.165) is 17.9 Å². The third-order valence-corrected chi connectivity index (χ3v) is 1.19. The summed E-state index contributed by atoms with van der Waals surface area (Å²) in [5, 5.41) is 0. The molecule has 0 aromatic rings. The molecule has 0 N–H and O–H groups in total. The molecule has 0 aliphatic carbocycles. The Morgan fingerprint density at radius 1 is 1.70 bits per heavy atom. The highest BCUT2D eigenvalue weighted by molar-refractivity contribution is 7.80. The quantitative estimate of drug-likeness (QED) is 0.363. The Morgan fingerprint density at radius 2 is 2.40 bits per heavy atom. The van der Waals surface area contributed by atoms with E-state index in [1.165, 1.54) is 0 Å². The van der Waals surface area contributed by atoms with Crippen LogP contribution in [0.15, 0.2) is 29.3 Å². The molecule has 1 nitrogen and oxygen atoms in total. The predicted molar refractivity (Wildman–Crippen MR) is 51.2 cm³/mol. The maximum atomic E-state index is 4.05. The van der Waals surface area contributed by atoms with Crippen LogP contribution in [0.5, 0.6) is 0 Å². The van der Waals surface area contributed by atoms with Gasteiger partial charge in [0.2, 0.25) is 0 Å². The van der Waals surface area contributed by atoms with E-state index >= 15 is 0 Å². The minimum absolute atomic E-state index is 0.782. The summed E-state index contributed by atoms with van der Waals surface area (Å²) in [7, 11) is 0. The highest BCUT2D eigenvalue weighted by Crippen LogP contribution is 1.88. The number of hydrogen-bond acceptors (Lipinski definition) is 2. The van der Waals surface area contributed by atoms with Crippen LogP contribution >= 0.6 is 12.6 Å². The van der Waals surface area contributed by atoms with Crippen molar-refractivity contribution in [3.05, 3.63) is 24.3 Å². The van der Waals surface area contributed by atoms with Gasteiger partial charge in [0.1, 0.15) is 0 Å². The molecule has 0 rings (SSSR count). The Labute approximate surface area is 68.0 Å². The molecule has 0 bridgehead atoms. The topological polar surface area (TPSA) is 12.4 Å². The van der Waals surface area contributed by atoms with Crippen LogP contribution in [0.3, 0.4) is 0 Å². The number of thiol groups is 1. The van der Waals surface area contributed by atoms with Gasteiger partial charge in [-0.25, -0.2) is 0 Å². The summed E-state index contributed by atoms with van der Waals surface area (Å²) in [6, 6.07) is 0. The first-order valence-electron chi connectivity index (χ1n) is 3.21. The van der Waals surface area contributed by atoms with Gasteiger partial charge < -0.3 is 0 Å². The molecular weight excluding hydrogens is 142 g/mol. The predicted octanol–water partition coefficient (Wildman–Crippen LogP) is 2.12. The van der Waals surface area contributed by atoms with Crippen LogP contribution in [0, 0.1) is 0 Å². The lowest BCUT2D eigenvalue weighted by Gasteiger charge is -1.84. The molecule has 0 aliphatic heterocycles. The lowest BCUT2D eigenvalue weighted by molar-refractivity contribution is 1.16. The molecule has 0 heterocycles. The Bertz CT molecular complexity index is 147. The van der Waals surface area contributed by atoms with Crippen molar-refractivity contribution >= 4 is 18.8 Å². The van der Waals surface area contributed by atoms with E-state index in [-0.39, 0.29) is 0 Å². The maximum Gasteiger partial charge on any atom is 0.0477 e. The van der Waals surface area contributed by atoms with E-state index in [4.69, 9.17) is 0 Å². The molecule has 0 saturated heterocycles. The van der Waals surface area contributed by atoms with Gasteiger partial charge in [-0.05, 0) is 13.0 Å². The normalized spacial score (nSPS) is 12.4. The Hall–Kier alpha value is -0.500. The summed E-state index contributed by atoms with van der Waals surface area (Å²) in [6.45, 7) is 6.38. The van der Waals surface area contributed by atoms with Gasteiger partial charge in [-0.15, -0.1) is 0 Å². The van der Waals surface area contributed by atoms with Crippen molar-refractivity contribution in [1.82, 2.24) is 0 Å². The van der Waals surface area contributed by atoms with Gasteiger partial charge in [-0.3, -0.25) is 4.99 Å². The fraction of sp³-hybridized carbons (Fsp3) is 0.375. The van der Waals surface area contributed by atoms with Crippen LogP contribution in [0.1, 0.15) is 6.92 Å². The summed E-state index contributed by atoms with van der Waals surface area (Å²) in [5.74, 6) is 0.803. The van der Waals surface area contributed by atoms with Crippen molar-refractivity contribution in [1.29, 1.82) is 0 Å². The third kappa shape index (κ3) is 5.63. The fourth-order valence-corrected chi connectivity index (χ4v) is 0.486. The first-order valence-corrected chi connectivity index (χ1v) is 3.84. The molecule has 0 aliphatic rings. The highest BCUT2D eigenvalue weighted by atomic mass is 32.1. The van der Waals surface area contributed by atoms with Crippen molar-refractivity contribution in [2.75, 3.05) is 12.3 Å². The van der Waals surface area contributed by atoms with Gasteiger partial charge >= 0.3 is 0 Å². The van der Waals surface area contributed by atoms with Crippen molar-refractivity contribution in [2.24, 2.45) is 4.99 Å². The van der Waals surface area contributed by atoms with E-state index in [1.54, 1.807) is 12.3 Å². The Morgan fingerprint density at radius 3 is 2.90 bits per heavy atom. The van der Waals surface area contributed by atoms with Gasteiger partial charge in [0.25, 0.3) is 0 Å². The van der Waals surface area contributed by atoms with E-state index in [2.05, 4.69) is 24.2 Å². The minimum Gasteiger partial charge on any atom is -0.292 e. The molecule has 0 atom stereocenters. The molecule has 0 fully saturated rings. The number of rotatable bonds is 4. The molecule has 56 valence electrons. The molecule has 0 radical (unpaired) electrons. The van der Waals surface area contributed by atoms with Crippen LogP contribution < -0.4 is 0 Å². The first kappa shape index (κ1) is 9.50. The van der Waals surface area contributed by atoms with Crippen molar-refractivity contribution in [3.8, 4) is 0 Å². The lowest BCUT2D eigenvalue weighted by atomic mass is 10.3. The molecule has 0 unspecified atom stereocenters. The maximum absolute atomic E-state index is 4.05. The van der Waals surface area contributed by atoms with Gasteiger partial charge in [0, 0.05) is 18.5 Å². The van der Waals surface area contributed by atoms with Crippen molar-refractivity contribution in [2.45, 2.75) is 6.92 Å². The molecule has 0 aromatic heterocycles. The van der Waals surface area contributed by atoms with Gasteiger partial charge in [0.15, 0.2) is 0 Å². The van der Waals surface area contributed by atoms with Crippen LogP contribution in [-0.4, -0.2) is 18.5 Å². The van der Waals surface area contributed by atoms with Gasteiger partial charge in [-0.2, -0.15) is 12.6 Å². The van der Waals surface area contributed by atoms with Crippen LogP contribution in [0.25, 0.3) is 0 Å². The van der Waals surface area contributed by atoms with Crippen molar-refractivity contribution in [3.63, 3.8) is 0 Å². The molecule has 0 aromatic carbocycles. The van der Waals surface area contributed by atoms with E-state index in [1.807, 2.05) is 13.0 Å². The molecule has 2 heteroatoms. The monoisotopic (exact) mass is 155 g/mol. The zero-order valence-electron chi connectivity index (χ0n) is 6.25. The van der Waals surface area contributed by atoms with E-state index in [9.17, 15) is 0 Å². The minimum atomic E-state index is 0.782. The molecular formula is C8H13NS. The summed E-state index contributed by atoms with van der Waals surface area (Å²) < 4.78 is 0. The molecule has 10 heavy (non-hydrogen) atoms. The first-order chi connectivity index (χ1) is 4.81. The molecule has 0 spiro atoms. The average Bonchev–Trinajstić information content (AvgIpc) is 1.98. The second-order valence-electron chi connectivity index (χ2n) is 1.89. The number of allylic oxidation sites excluding steroid dienone is 3. The zero-order chi connectivity index (χ0) is 7.82. The number of aliphatic imine (C=N–C) groups is 1. The van der Waals surface area contributed by atoms with Crippen molar-refractivity contribution < 1.29 is 0 Å². The highest BCUT2D eigenvalue weighted by Gasteiger charge is 1.74. The average molecular weight is 155 g/mol. The van der Waals surface area contributed by atoms with Gasteiger partial charge in [0.05, 0.1) is 0 Å². The van der Waals surface area contributed by atoms with E-state index < -0.39 is 0 Å². The second kappa shape index (κ2) is 6.62. The molecule has 0 saturated carbocycles. The second-order valence-corrected chi connectivity index (χ2v) is 2.34. The smallest absolute Gasteiger partial charge is 0.0477 e. The molecule has 0 amide bonds. The Kier molecular flexibility index (Phi) is 6.29. The summed E-state index contributed by atoms with van der Waals surface area (Å²) in [4.78, 5) is 4.05. The van der Waals surface area contributed by atoms with E-state index in [0.29, 0.717) is 0 Å². The Balaban J connectivity index is 3.59. The lowest BCUT2D eigenvalue weighted by Crippen LogP contribution is -1.79. The van der Waals surface area contributed by atoms with Crippen LogP contribution in [-0.2, 0) is 0 Å².